The van der Waals surface area contributed by atoms with Crippen LogP contribution in [0.3, 0.4) is 0 Å². The summed E-state index contributed by atoms with van der Waals surface area (Å²) in [7, 11) is 0. The third-order valence-corrected chi connectivity index (χ3v) is 3.16. The molecule has 0 saturated heterocycles. The van der Waals surface area contributed by atoms with Crippen molar-refractivity contribution >= 4 is 23.5 Å². The van der Waals surface area contributed by atoms with E-state index in [0.29, 0.717) is 17.1 Å². The van der Waals surface area contributed by atoms with Crippen LogP contribution in [0.1, 0.15) is 29.4 Å². The minimum atomic E-state index is -4.27. The lowest BCUT2D eigenvalue weighted by Gasteiger charge is -2.10. The molecule has 0 atom stereocenters. The van der Waals surface area contributed by atoms with Crippen LogP contribution in [0.2, 0.25) is 0 Å². The predicted octanol–water partition coefficient (Wildman–Crippen LogP) is 3.19. The number of hydrogen-bond donors (Lipinski definition) is 2. The highest BCUT2D eigenvalue weighted by Gasteiger charge is 2.27. The van der Waals surface area contributed by atoms with Gasteiger partial charge in [-0.05, 0) is 37.2 Å². The molecule has 0 saturated carbocycles. The van der Waals surface area contributed by atoms with Crippen molar-refractivity contribution in [3.63, 3.8) is 0 Å². The van der Waals surface area contributed by atoms with Crippen molar-refractivity contribution in [3.05, 3.63) is 23.4 Å². The molecule has 0 spiro atoms. The monoisotopic (exact) mass is 321 g/mol. The highest BCUT2D eigenvalue weighted by molar-refractivity contribution is 8.00. The van der Waals surface area contributed by atoms with Gasteiger partial charge in [0.1, 0.15) is 5.82 Å². The molecule has 21 heavy (non-hydrogen) atoms. The molecular formula is C13H18F3N3OS. The van der Waals surface area contributed by atoms with Crippen molar-refractivity contribution in [2.45, 2.75) is 25.8 Å². The van der Waals surface area contributed by atoms with Gasteiger partial charge in [0, 0.05) is 30.1 Å². The van der Waals surface area contributed by atoms with E-state index in [1.165, 1.54) is 0 Å². The highest BCUT2D eigenvalue weighted by Crippen LogP contribution is 2.29. The highest BCUT2D eigenvalue weighted by atomic mass is 32.2. The summed E-state index contributed by atoms with van der Waals surface area (Å²) in [5.41, 5.74) is -3.21. The molecule has 2 N–H and O–H groups in total. The summed E-state index contributed by atoms with van der Waals surface area (Å²) in [6.07, 6.45) is 0.922. The van der Waals surface area contributed by atoms with Gasteiger partial charge < -0.3 is 10.6 Å². The molecule has 4 nitrogen and oxygen atoms in total. The molecule has 0 aliphatic rings. The van der Waals surface area contributed by atoms with E-state index in [-0.39, 0.29) is 24.1 Å². The molecule has 0 unspecified atom stereocenters. The van der Waals surface area contributed by atoms with Crippen LogP contribution >= 0.6 is 11.8 Å². The van der Waals surface area contributed by atoms with E-state index in [2.05, 4.69) is 15.6 Å². The number of hydrogen-bond acceptors (Lipinski definition) is 4. The third kappa shape index (κ3) is 7.22. The van der Waals surface area contributed by atoms with Crippen molar-refractivity contribution < 1.29 is 18.0 Å². The van der Waals surface area contributed by atoms with E-state index >= 15 is 0 Å². The summed E-state index contributed by atoms with van der Waals surface area (Å²) >= 11 is -0.151. The van der Waals surface area contributed by atoms with Gasteiger partial charge in [-0.25, -0.2) is 4.98 Å². The minimum absolute atomic E-state index is 0.0396. The van der Waals surface area contributed by atoms with Gasteiger partial charge in [-0.15, -0.1) is 0 Å². The molecular weight excluding hydrogens is 303 g/mol. The van der Waals surface area contributed by atoms with Crippen LogP contribution in [0.15, 0.2) is 12.1 Å². The van der Waals surface area contributed by atoms with Crippen LogP contribution in [0.25, 0.3) is 0 Å². The first kappa shape index (κ1) is 17.6. The Hall–Kier alpha value is -1.44. The zero-order chi connectivity index (χ0) is 15.9. The summed E-state index contributed by atoms with van der Waals surface area (Å²) in [6, 6.07) is 3.19. The van der Waals surface area contributed by atoms with E-state index in [0.717, 1.165) is 13.0 Å². The molecule has 1 aromatic heterocycles. The zero-order valence-corrected chi connectivity index (χ0v) is 12.7. The number of anilines is 1. The number of carbonyl (C=O) groups excluding carboxylic acids is 1. The number of nitrogens with zero attached hydrogens (tertiary/aromatic N) is 1. The molecule has 0 radical (unpaired) electrons. The number of carbonyl (C=O) groups is 1. The lowest BCUT2D eigenvalue weighted by molar-refractivity contribution is -0.0327. The second kappa shape index (κ2) is 8.11. The maximum absolute atomic E-state index is 12.0. The maximum Gasteiger partial charge on any atom is 0.441 e. The number of amides is 1. The Balaban J connectivity index is 2.55. The Morgan fingerprint density at radius 3 is 2.67 bits per heavy atom. The Morgan fingerprint density at radius 1 is 1.33 bits per heavy atom. The number of rotatable bonds is 7. The van der Waals surface area contributed by atoms with E-state index in [4.69, 9.17) is 0 Å². The molecule has 8 heteroatoms. The standard InChI is InChI=1S/C13H18F3N3OS/c1-3-4-17-11-8-10(7-9(2)19-11)12(20)18-5-6-21-13(14,15)16/h7-8H,3-6H2,1-2H3,(H,17,19)(H,18,20). The summed E-state index contributed by atoms with van der Waals surface area (Å²) in [5, 5.41) is 5.54. The molecule has 0 fully saturated rings. The first-order valence-electron chi connectivity index (χ1n) is 6.53. The van der Waals surface area contributed by atoms with Crippen LogP contribution in [-0.4, -0.2) is 35.2 Å². The average Bonchev–Trinajstić information content (AvgIpc) is 2.39. The number of nitrogens with one attached hydrogen (secondary N) is 2. The number of pyridine rings is 1. The van der Waals surface area contributed by atoms with E-state index < -0.39 is 11.4 Å². The van der Waals surface area contributed by atoms with Crippen LogP contribution in [-0.2, 0) is 0 Å². The van der Waals surface area contributed by atoms with Gasteiger partial charge in [-0.3, -0.25) is 4.79 Å². The van der Waals surface area contributed by atoms with Crippen molar-refractivity contribution in [2.24, 2.45) is 0 Å². The second-order valence-corrected chi connectivity index (χ2v) is 5.52. The summed E-state index contributed by atoms with van der Waals surface area (Å²) < 4.78 is 35.9. The number of thioether (sulfide) groups is 1. The van der Waals surface area contributed by atoms with Crippen LogP contribution < -0.4 is 10.6 Å². The van der Waals surface area contributed by atoms with Gasteiger partial charge >= 0.3 is 5.51 Å². The third-order valence-electron chi connectivity index (χ3n) is 2.43. The molecule has 1 aromatic rings. The molecule has 1 amide bonds. The molecule has 0 bridgehead atoms. The summed E-state index contributed by atoms with van der Waals surface area (Å²) in [4.78, 5) is 16.1. The minimum Gasteiger partial charge on any atom is -0.370 e. The SMILES string of the molecule is CCCNc1cc(C(=O)NCCSC(F)(F)F)cc(C)n1. The molecule has 0 aromatic carbocycles. The summed E-state index contributed by atoms with van der Waals surface area (Å²) in [6.45, 7) is 4.46. The number of halogens is 3. The first-order valence-corrected chi connectivity index (χ1v) is 7.52. The number of aromatic nitrogens is 1. The predicted molar refractivity (Wildman–Crippen MR) is 78.6 cm³/mol. The van der Waals surface area contributed by atoms with Crippen LogP contribution in [0.4, 0.5) is 19.0 Å². The zero-order valence-electron chi connectivity index (χ0n) is 11.9. The molecule has 0 aliphatic heterocycles. The van der Waals surface area contributed by atoms with Gasteiger partial charge in [0.15, 0.2) is 0 Å². The Morgan fingerprint density at radius 2 is 2.05 bits per heavy atom. The normalized spacial score (nSPS) is 11.3. The summed E-state index contributed by atoms with van der Waals surface area (Å²) in [5.74, 6) is -0.0187. The van der Waals surface area contributed by atoms with Crippen LogP contribution in [0.5, 0.6) is 0 Å². The van der Waals surface area contributed by atoms with Crippen molar-refractivity contribution in [1.29, 1.82) is 0 Å². The lowest BCUT2D eigenvalue weighted by Crippen LogP contribution is -2.26. The Labute approximate surface area is 125 Å². The smallest absolute Gasteiger partial charge is 0.370 e. The lowest BCUT2D eigenvalue weighted by atomic mass is 10.2. The molecule has 0 aliphatic carbocycles. The van der Waals surface area contributed by atoms with Crippen molar-refractivity contribution in [1.82, 2.24) is 10.3 Å². The largest absolute Gasteiger partial charge is 0.441 e. The Bertz CT molecular complexity index is 480. The quantitative estimate of drug-likeness (QED) is 0.757. The molecule has 118 valence electrons. The van der Waals surface area contributed by atoms with Crippen molar-refractivity contribution in [2.75, 3.05) is 24.2 Å². The van der Waals surface area contributed by atoms with Gasteiger partial charge in [0.05, 0.1) is 0 Å². The molecule has 1 heterocycles. The Kier molecular flexibility index (Phi) is 6.80. The van der Waals surface area contributed by atoms with Gasteiger partial charge in [-0.2, -0.15) is 13.2 Å². The number of alkyl halides is 3. The topological polar surface area (TPSA) is 54.0 Å². The van der Waals surface area contributed by atoms with E-state index in [1.54, 1.807) is 19.1 Å². The maximum atomic E-state index is 12.0. The van der Waals surface area contributed by atoms with E-state index in [9.17, 15) is 18.0 Å². The van der Waals surface area contributed by atoms with E-state index in [1.807, 2.05) is 6.92 Å². The van der Waals surface area contributed by atoms with Gasteiger partial charge in [0.2, 0.25) is 0 Å². The van der Waals surface area contributed by atoms with Gasteiger partial charge in [-0.1, -0.05) is 6.92 Å². The number of aryl methyl sites for hydroxylation is 1. The van der Waals surface area contributed by atoms with Gasteiger partial charge in [0.25, 0.3) is 5.91 Å². The fourth-order valence-corrected chi connectivity index (χ4v) is 2.01. The fraction of sp³-hybridized carbons (Fsp3) is 0.538. The van der Waals surface area contributed by atoms with Crippen molar-refractivity contribution in [3.8, 4) is 0 Å². The first-order chi connectivity index (χ1) is 9.81. The second-order valence-electron chi connectivity index (χ2n) is 4.36. The van der Waals surface area contributed by atoms with Crippen LogP contribution in [0, 0.1) is 6.92 Å². The fourth-order valence-electron chi connectivity index (χ4n) is 1.58. The molecule has 1 rings (SSSR count). The average molecular weight is 321 g/mol.